The molecule has 0 radical (unpaired) electrons. The number of aromatic nitrogens is 1. The van der Waals surface area contributed by atoms with Gasteiger partial charge < -0.3 is 15.1 Å². The van der Waals surface area contributed by atoms with Crippen molar-refractivity contribution in [2.24, 2.45) is 11.8 Å². The summed E-state index contributed by atoms with van der Waals surface area (Å²) in [5.74, 6) is -0.817. The van der Waals surface area contributed by atoms with E-state index in [4.69, 9.17) is 4.42 Å². The van der Waals surface area contributed by atoms with Crippen molar-refractivity contribution in [2.45, 2.75) is 64.6 Å². The smallest absolute Gasteiger partial charge is 0.392 e. The number of halogens is 3. The van der Waals surface area contributed by atoms with Crippen LogP contribution in [0.25, 0.3) is 0 Å². The van der Waals surface area contributed by atoms with E-state index in [1.807, 2.05) is 20.8 Å². The maximum atomic E-state index is 13.0. The van der Waals surface area contributed by atoms with Gasteiger partial charge in [-0.2, -0.15) is 13.2 Å². The molecule has 0 aromatic carbocycles. The number of carbonyl (C=O) groups is 1. The summed E-state index contributed by atoms with van der Waals surface area (Å²) in [4.78, 5) is 15.9. The number of oxazole rings is 1. The second kappa shape index (κ2) is 7.66. The van der Waals surface area contributed by atoms with Gasteiger partial charge in [0.1, 0.15) is 5.76 Å². The summed E-state index contributed by atoms with van der Waals surface area (Å²) in [6.45, 7) is 6.07. The fourth-order valence-electron chi connectivity index (χ4n) is 3.06. The molecule has 0 saturated heterocycles. The lowest BCUT2D eigenvalue weighted by Crippen LogP contribution is -2.43. The maximum absolute atomic E-state index is 13.0. The Morgan fingerprint density at radius 1 is 1.24 bits per heavy atom. The number of hydrogen-bond acceptors (Lipinski definition) is 3. The minimum Gasteiger partial charge on any atom is -0.443 e. The first-order valence-corrected chi connectivity index (χ1v) is 8.61. The van der Waals surface area contributed by atoms with Gasteiger partial charge in [-0.3, -0.25) is 0 Å². The molecule has 2 rings (SSSR count). The highest BCUT2D eigenvalue weighted by molar-refractivity contribution is 5.73. The molecule has 2 amide bonds. The molecule has 0 spiro atoms. The number of nitrogens with zero attached hydrogens (tertiary/aromatic N) is 1. The molecule has 0 bridgehead atoms. The van der Waals surface area contributed by atoms with Crippen molar-refractivity contribution in [3.8, 4) is 0 Å². The first-order chi connectivity index (χ1) is 11.6. The number of carbonyl (C=O) groups excluding carboxylic acids is 1. The third kappa shape index (κ3) is 5.64. The molecule has 142 valence electrons. The molecule has 2 atom stereocenters. The van der Waals surface area contributed by atoms with Gasteiger partial charge in [0.2, 0.25) is 5.89 Å². The summed E-state index contributed by atoms with van der Waals surface area (Å²) in [7, 11) is 0. The molecular formula is C17H26F3N3O2. The molecule has 8 heteroatoms. The molecule has 1 fully saturated rings. The normalized spacial score (nSPS) is 21.8. The van der Waals surface area contributed by atoms with Gasteiger partial charge in [-0.15, -0.1) is 0 Å². The van der Waals surface area contributed by atoms with Crippen LogP contribution >= 0.6 is 0 Å². The van der Waals surface area contributed by atoms with Crippen molar-refractivity contribution >= 4 is 6.03 Å². The Labute approximate surface area is 145 Å². The second-order valence-electron chi connectivity index (χ2n) is 7.62. The molecule has 5 nitrogen and oxygen atoms in total. The van der Waals surface area contributed by atoms with Crippen LogP contribution in [0.3, 0.4) is 0 Å². The van der Waals surface area contributed by atoms with Crippen molar-refractivity contribution in [3.05, 3.63) is 17.8 Å². The minimum atomic E-state index is -4.20. The lowest BCUT2D eigenvalue weighted by molar-refractivity contribution is -0.195. The lowest BCUT2D eigenvalue weighted by atomic mass is 9.79. The van der Waals surface area contributed by atoms with Crippen molar-refractivity contribution in [1.82, 2.24) is 15.6 Å². The summed E-state index contributed by atoms with van der Waals surface area (Å²) in [5.41, 5.74) is -0.179. The van der Waals surface area contributed by atoms with Crippen molar-refractivity contribution in [2.75, 3.05) is 6.54 Å². The summed E-state index contributed by atoms with van der Waals surface area (Å²) in [6.07, 6.45) is -0.600. The quantitative estimate of drug-likeness (QED) is 0.847. The molecule has 1 aromatic rings. The molecule has 1 aliphatic rings. The van der Waals surface area contributed by atoms with Gasteiger partial charge in [0.15, 0.2) is 0 Å². The Bertz CT molecular complexity index is 578. The molecule has 2 N–H and O–H groups in total. The van der Waals surface area contributed by atoms with Crippen LogP contribution in [0.15, 0.2) is 10.6 Å². The van der Waals surface area contributed by atoms with Gasteiger partial charge in [-0.05, 0) is 18.8 Å². The number of nitrogens with one attached hydrogen (secondary N) is 2. The van der Waals surface area contributed by atoms with E-state index < -0.39 is 24.0 Å². The average Bonchev–Trinajstić information content (AvgIpc) is 2.99. The van der Waals surface area contributed by atoms with E-state index in [9.17, 15) is 18.0 Å². The van der Waals surface area contributed by atoms with Crippen LogP contribution in [0.4, 0.5) is 18.0 Å². The van der Waals surface area contributed by atoms with Crippen LogP contribution in [0.2, 0.25) is 0 Å². The standard InChI is InChI=1S/C17H26F3N3O2/c1-16(2,3)13-9-21-14(25-13)10-23-15(24)22-8-11-6-4-5-7-12(11)17(18,19)20/h9,11-12H,4-8,10H2,1-3H3,(H2,22,23,24). The Morgan fingerprint density at radius 2 is 1.92 bits per heavy atom. The average molecular weight is 361 g/mol. The molecule has 0 aliphatic heterocycles. The summed E-state index contributed by atoms with van der Waals surface area (Å²) < 4.78 is 44.7. The predicted molar refractivity (Wildman–Crippen MR) is 86.9 cm³/mol. The van der Waals surface area contributed by atoms with Crippen LogP contribution in [0, 0.1) is 11.8 Å². The topological polar surface area (TPSA) is 67.2 Å². The zero-order valence-corrected chi connectivity index (χ0v) is 14.9. The van der Waals surface area contributed by atoms with Gasteiger partial charge in [-0.1, -0.05) is 33.6 Å². The SMILES string of the molecule is CC(C)(C)c1cnc(CNC(=O)NCC2CCCCC2C(F)(F)F)o1. The lowest BCUT2D eigenvalue weighted by Gasteiger charge is -2.33. The van der Waals surface area contributed by atoms with E-state index in [2.05, 4.69) is 15.6 Å². The van der Waals surface area contributed by atoms with Gasteiger partial charge in [0.05, 0.1) is 18.7 Å². The minimum absolute atomic E-state index is 0.0227. The van der Waals surface area contributed by atoms with E-state index in [0.29, 0.717) is 24.5 Å². The first-order valence-electron chi connectivity index (χ1n) is 8.61. The molecular weight excluding hydrogens is 335 g/mol. The molecule has 1 aromatic heterocycles. The molecule has 1 heterocycles. The largest absolute Gasteiger partial charge is 0.443 e. The molecule has 1 aliphatic carbocycles. The zero-order chi connectivity index (χ0) is 18.7. The highest BCUT2D eigenvalue weighted by atomic mass is 19.4. The Balaban J connectivity index is 1.79. The Morgan fingerprint density at radius 3 is 2.52 bits per heavy atom. The summed E-state index contributed by atoms with van der Waals surface area (Å²) in [6, 6.07) is -0.512. The zero-order valence-electron chi connectivity index (χ0n) is 14.9. The highest BCUT2D eigenvalue weighted by Crippen LogP contribution is 2.41. The van der Waals surface area contributed by atoms with Gasteiger partial charge in [-0.25, -0.2) is 9.78 Å². The van der Waals surface area contributed by atoms with Crippen LogP contribution in [0.5, 0.6) is 0 Å². The third-order valence-electron chi connectivity index (χ3n) is 4.55. The van der Waals surface area contributed by atoms with Crippen molar-refractivity contribution in [3.63, 3.8) is 0 Å². The fraction of sp³-hybridized carbons (Fsp3) is 0.765. The summed E-state index contributed by atoms with van der Waals surface area (Å²) >= 11 is 0. The van der Waals surface area contributed by atoms with Crippen LogP contribution < -0.4 is 10.6 Å². The molecule has 2 unspecified atom stereocenters. The van der Waals surface area contributed by atoms with Crippen LogP contribution in [-0.4, -0.2) is 23.7 Å². The monoisotopic (exact) mass is 361 g/mol. The highest BCUT2D eigenvalue weighted by Gasteiger charge is 2.45. The molecule has 1 saturated carbocycles. The predicted octanol–water partition coefficient (Wildman–Crippen LogP) is 4.14. The van der Waals surface area contributed by atoms with Gasteiger partial charge in [0.25, 0.3) is 0 Å². The fourth-order valence-corrected chi connectivity index (χ4v) is 3.06. The van der Waals surface area contributed by atoms with E-state index in [1.54, 1.807) is 6.20 Å². The number of alkyl halides is 3. The number of amides is 2. The van der Waals surface area contributed by atoms with Gasteiger partial charge >= 0.3 is 12.2 Å². The molecule has 25 heavy (non-hydrogen) atoms. The van der Waals surface area contributed by atoms with Crippen LogP contribution in [-0.2, 0) is 12.0 Å². The number of rotatable bonds is 4. The van der Waals surface area contributed by atoms with E-state index >= 15 is 0 Å². The van der Waals surface area contributed by atoms with E-state index in [0.717, 1.165) is 6.42 Å². The third-order valence-corrected chi connectivity index (χ3v) is 4.55. The second-order valence-corrected chi connectivity index (χ2v) is 7.62. The van der Waals surface area contributed by atoms with Crippen LogP contribution in [0.1, 0.15) is 58.1 Å². The maximum Gasteiger partial charge on any atom is 0.392 e. The first kappa shape index (κ1) is 19.6. The number of hydrogen-bond donors (Lipinski definition) is 2. The Kier molecular flexibility index (Phi) is 6.00. The van der Waals surface area contributed by atoms with E-state index in [1.165, 1.54) is 0 Å². The van der Waals surface area contributed by atoms with Gasteiger partial charge in [0, 0.05) is 12.0 Å². The summed E-state index contributed by atoms with van der Waals surface area (Å²) in [5, 5.41) is 5.11. The van der Waals surface area contributed by atoms with Crippen molar-refractivity contribution in [1.29, 1.82) is 0 Å². The number of urea groups is 1. The Hall–Kier alpha value is -1.73. The van der Waals surface area contributed by atoms with Crippen molar-refractivity contribution < 1.29 is 22.4 Å². The van der Waals surface area contributed by atoms with E-state index in [-0.39, 0.29) is 24.9 Å².